The van der Waals surface area contributed by atoms with E-state index in [0.29, 0.717) is 11.2 Å². The highest BCUT2D eigenvalue weighted by molar-refractivity contribution is 5.82. The normalized spacial score (nSPS) is 28.2. The molecule has 7 N–H and O–H groups in total. The average Bonchev–Trinajstić information content (AvgIpc) is 3.10. The summed E-state index contributed by atoms with van der Waals surface area (Å²) in [6.45, 7) is 1.11. The molecule has 1 fully saturated rings. The highest BCUT2D eigenvalue weighted by Gasteiger charge is 2.46. The van der Waals surface area contributed by atoms with Crippen LogP contribution in [0.2, 0.25) is 0 Å². The molecule has 130 valence electrons. The van der Waals surface area contributed by atoms with Crippen molar-refractivity contribution in [1.29, 1.82) is 0 Å². The fraction of sp³-hybridized carbons (Fsp3) is 0.538. The number of anilines is 1. The smallest absolute Gasteiger partial charge is 0.237 e. The molecule has 1 amide bonds. The van der Waals surface area contributed by atoms with Gasteiger partial charge in [0.1, 0.15) is 30.1 Å². The van der Waals surface area contributed by atoms with E-state index in [2.05, 4.69) is 20.3 Å². The molecule has 0 aromatic carbocycles. The summed E-state index contributed by atoms with van der Waals surface area (Å²) in [7, 11) is 0. The van der Waals surface area contributed by atoms with Crippen LogP contribution in [-0.2, 0) is 9.53 Å². The number of aliphatic hydroxyl groups is 2. The maximum atomic E-state index is 11.9. The Bertz CT molecular complexity index is 749. The van der Waals surface area contributed by atoms with Gasteiger partial charge in [-0.05, 0) is 6.92 Å². The van der Waals surface area contributed by atoms with Crippen molar-refractivity contribution in [1.82, 2.24) is 24.8 Å². The number of aliphatic hydroxyl groups excluding tert-OH is 2. The van der Waals surface area contributed by atoms with E-state index < -0.39 is 43.0 Å². The fourth-order valence-corrected chi connectivity index (χ4v) is 2.64. The summed E-state index contributed by atoms with van der Waals surface area (Å²) in [4.78, 5) is 24.1. The Morgan fingerprint density at radius 1 is 1.50 bits per heavy atom. The summed E-state index contributed by atoms with van der Waals surface area (Å²) in [5.74, 6) is -0.253. The highest BCUT2D eigenvalue weighted by Crippen LogP contribution is 2.31. The minimum Gasteiger partial charge on any atom is -0.394 e. The minimum atomic E-state index is -1.13. The highest BCUT2D eigenvalue weighted by atomic mass is 16.5. The van der Waals surface area contributed by atoms with Crippen LogP contribution in [0.5, 0.6) is 0 Å². The van der Waals surface area contributed by atoms with E-state index in [1.54, 1.807) is 0 Å². The molecule has 5 atom stereocenters. The number of imidazole rings is 1. The van der Waals surface area contributed by atoms with E-state index in [1.165, 1.54) is 24.1 Å². The molecular weight excluding hydrogens is 318 g/mol. The van der Waals surface area contributed by atoms with Gasteiger partial charge >= 0.3 is 0 Å². The third-order valence-electron chi connectivity index (χ3n) is 3.93. The molecule has 0 saturated carbocycles. The molecule has 1 saturated heterocycles. The molecule has 1 aliphatic heterocycles. The minimum absolute atomic E-state index is 0.201. The van der Waals surface area contributed by atoms with Gasteiger partial charge in [0.2, 0.25) is 5.91 Å². The third kappa shape index (κ3) is 2.67. The van der Waals surface area contributed by atoms with Crippen molar-refractivity contribution in [2.24, 2.45) is 5.73 Å². The predicted molar refractivity (Wildman–Crippen MR) is 82.3 cm³/mol. The molecule has 0 aliphatic carbocycles. The SMILES string of the molecule is CC(N)C(=O)NC1C(O)[C@@H](CO)O[C@H]1n1cnc2c(N)ncnc21. The van der Waals surface area contributed by atoms with E-state index in [0.717, 1.165) is 0 Å². The fourth-order valence-electron chi connectivity index (χ4n) is 2.64. The molecule has 2 aromatic heterocycles. The van der Waals surface area contributed by atoms with Crippen LogP contribution in [0.3, 0.4) is 0 Å². The van der Waals surface area contributed by atoms with Gasteiger partial charge in [-0.15, -0.1) is 0 Å². The lowest BCUT2D eigenvalue weighted by atomic mass is 10.1. The zero-order chi connectivity index (χ0) is 17.4. The Hall–Kier alpha value is -2.34. The molecule has 0 bridgehead atoms. The zero-order valence-corrected chi connectivity index (χ0v) is 12.9. The molecule has 11 nitrogen and oxygen atoms in total. The lowest BCUT2D eigenvalue weighted by molar-refractivity contribution is -0.124. The van der Waals surface area contributed by atoms with Crippen LogP contribution in [0, 0.1) is 0 Å². The van der Waals surface area contributed by atoms with Crippen LogP contribution in [0.25, 0.3) is 11.2 Å². The number of hydrogen-bond donors (Lipinski definition) is 5. The molecule has 1 aliphatic rings. The van der Waals surface area contributed by atoms with Gasteiger partial charge in [0.15, 0.2) is 17.7 Å². The van der Waals surface area contributed by atoms with Crippen LogP contribution in [0.15, 0.2) is 12.7 Å². The van der Waals surface area contributed by atoms with E-state index in [1.807, 2.05) is 0 Å². The number of nitrogens with two attached hydrogens (primary N) is 2. The summed E-state index contributed by atoms with van der Waals surface area (Å²) in [5, 5.41) is 22.4. The number of fused-ring (bicyclic) bond motifs is 1. The van der Waals surface area contributed by atoms with Crippen LogP contribution >= 0.6 is 0 Å². The van der Waals surface area contributed by atoms with Gasteiger partial charge in [-0.3, -0.25) is 9.36 Å². The van der Waals surface area contributed by atoms with Crippen molar-refractivity contribution in [2.45, 2.75) is 37.4 Å². The number of carbonyl (C=O) groups is 1. The number of carbonyl (C=O) groups excluding carboxylic acids is 1. The Morgan fingerprint density at radius 3 is 2.92 bits per heavy atom. The number of hydrogen-bond acceptors (Lipinski definition) is 9. The first-order valence-corrected chi connectivity index (χ1v) is 7.37. The van der Waals surface area contributed by atoms with Gasteiger partial charge in [0.25, 0.3) is 0 Å². The average molecular weight is 337 g/mol. The second-order valence-electron chi connectivity index (χ2n) is 5.64. The van der Waals surface area contributed by atoms with Crippen LogP contribution < -0.4 is 16.8 Å². The van der Waals surface area contributed by atoms with Crippen molar-refractivity contribution in [2.75, 3.05) is 12.3 Å². The van der Waals surface area contributed by atoms with Gasteiger partial charge < -0.3 is 31.7 Å². The standard InChI is InChI=1S/C13H19N7O4/c1-5(14)12(23)19-7-9(22)6(2-21)24-13(7)20-4-18-8-10(15)16-3-17-11(8)20/h3-7,9,13,21-22H,2,14H2,1H3,(H,19,23)(H2,15,16,17)/t5?,6-,7?,9?,13-/m1/s1. The number of amides is 1. The van der Waals surface area contributed by atoms with Crippen LogP contribution in [0.1, 0.15) is 13.2 Å². The summed E-state index contributed by atoms with van der Waals surface area (Å²) >= 11 is 0. The van der Waals surface area contributed by atoms with Crippen molar-refractivity contribution in [3.63, 3.8) is 0 Å². The van der Waals surface area contributed by atoms with Crippen molar-refractivity contribution in [3.05, 3.63) is 12.7 Å². The lowest BCUT2D eigenvalue weighted by Crippen LogP contribution is -2.51. The quantitative estimate of drug-likeness (QED) is 0.403. The Morgan fingerprint density at radius 2 is 2.25 bits per heavy atom. The molecule has 0 spiro atoms. The second kappa shape index (κ2) is 6.28. The summed E-state index contributed by atoms with van der Waals surface area (Å²) in [5.41, 5.74) is 12.1. The number of nitrogen functional groups attached to an aromatic ring is 1. The monoisotopic (exact) mass is 337 g/mol. The largest absolute Gasteiger partial charge is 0.394 e. The van der Waals surface area contributed by atoms with Crippen LogP contribution in [0.4, 0.5) is 5.82 Å². The zero-order valence-electron chi connectivity index (χ0n) is 12.9. The summed E-state index contributed by atoms with van der Waals surface area (Å²) in [6, 6.07) is -1.60. The van der Waals surface area contributed by atoms with Gasteiger partial charge in [-0.2, -0.15) is 0 Å². The first-order valence-electron chi connectivity index (χ1n) is 7.37. The summed E-state index contributed by atoms with van der Waals surface area (Å²) in [6.07, 6.45) is -0.124. The van der Waals surface area contributed by atoms with Crippen molar-refractivity contribution < 1.29 is 19.7 Å². The first-order chi connectivity index (χ1) is 11.4. The van der Waals surface area contributed by atoms with E-state index in [4.69, 9.17) is 16.2 Å². The topological polar surface area (TPSA) is 174 Å². The maximum absolute atomic E-state index is 11.9. The molecule has 24 heavy (non-hydrogen) atoms. The van der Waals surface area contributed by atoms with Crippen molar-refractivity contribution >= 4 is 22.9 Å². The third-order valence-corrected chi connectivity index (χ3v) is 3.93. The molecule has 0 radical (unpaired) electrons. The van der Waals surface area contributed by atoms with Gasteiger partial charge in [0.05, 0.1) is 19.0 Å². The number of nitrogens with zero attached hydrogens (tertiary/aromatic N) is 4. The summed E-state index contributed by atoms with van der Waals surface area (Å²) < 4.78 is 7.20. The number of aromatic nitrogens is 4. The second-order valence-corrected chi connectivity index (χ2v) is 5.64. The number of rotatable bonds is 4. The van der Waals surface area contributed by atoms with Gasteiger partial charge in [-0.1, -0.05) is 0 Å². The Kier molecular flexibility index (Phi) is 4.32. The first kappa shape index (κ1) is 16.5. The maximum Gasteiger partial charge on any atom is 0.237 e. The van der Waals surface area contributed by atoms with E-state index >= 15 is 0 Å². The lowest BCUT2D eigenvalue weighted by Gasteiger charge is -2.23. The van der Waals surface area contributed by atoms with Crippen molar-refractivity contribution in [3.8, 4) is 0 Å². The molecule has 3 heterocycles. The molecule has 2 aromatic rings. The molecular formula is C13H19N7O4. The van der Waals surface area contributed by atoms with E-state index in [-0.39, 0.29) is 5.82 Å². The predicted octanol–water partition coefficient (Wildman–Crippen LogP) is -2.51. The number of nitrogens with one attached hydrogen (secondary N) is 1. The molecule has 3 unspecified atom stereocenters. The Labute approximate surface area is 136 Å². The van der Waals surface area contributed by atoms with Gasteiger partial charge in [-0.25, -0.2) is 15.0 Å². The van der Waals surface area contributed by atoms with Crippen LogP contribution in [-0.4, -0.2) is 66.5 Å². The molecule has 11 heteroatoms. The number of ether oxygens (including phenoxy) is 1. The van der Waals surface area contributed by atoms with Gasteiger partial charge in [0, 0.05) is 0 Å². The van der Waals surface area contributed by atoms with E-state index in [9.17, 15) is 15.0 Å². The molecule has 3 rings (SSSR count). The Balaban J connectivity index is 1.99.